The maximum Gasteiger partial charge on any atom is 0.124 e. The van der Waals surface area contributed by atoms with E-state index in [9.17, 15) is 4.79 Å². The lowest BCUT2D eigenvalue weighted by atomic mass is 10.00. The van der Waals surface area contributed by atoms with Crippen LogP contribution in [0.5, 0.6) is 0 Å². The lowest BCUT2D eigenvalue weighted by Crippen LogP contribution is -1.96. The second-order valence-corrected chi connectivity index (χ2v) is 4.90. The molecule has 1 aromatic heterocycles. The number of nitrogens with zero attached hydrogens (tertiary/aromatic N) is 2. The molecule has 0 amide bonds. The van der Waals surface area contributed by atoms with Crippen LogP contribution < -0.4 is 0 Å². The first-order valence-corrected chi connectivity index (χ1v) is 6.91. The van der Waals surface area contributed by atoms with Crippen molar-refractivity contribution < 1.29 is 4.79 Å². The third-order valence-corrected chi connectivity index (χ3v) is 3.53. The van der Waals surface area contributed by atoms with Crippen molar-refractivity contribution in [3.05, 3.63) is 66.2 Å². The van der Waals surface area contributed by atoms with E-state index in [1.165, 1.54) is 0 Å². The van der Waals surface area contributed by atoms with E-state index in [4.69, 9.17) is 0 Å². The molecular formula is C18H16N2O. The van der Waals surface area contributed by atoms with E-state index in [1.54, 1.807) is 0 Å². The van der Waals surface area contributed by atoms with E-state index in [0.29, 0.717) is 6.42 Å². The predicted octanol–water partition coefficient (Wildman–Crippen LogP) is 3.50. The van der Waals surface area contributed by atoms with Gasteiger partial charge in [-0.25, -0.2) is 0 Å². The fraction of sp³-hybridized carbons (Fsp3) is 0.111. The molecule has 104 valence electrons. The van der Waals surface area contributed by atoms with Crippen LogP contribution in [0, 0.1) is 0 Å². The molecule has 2 aromatic carbocycles. The fourth-order valence-corrected chi connectivity index (χ4v) is 2.63. The van der Waals surface area contributed by atoms with Gasteiger partial charge in [0.25, 0.3) is 0 Å². The summed E-state index contributed by atoms with van der Waals surface area (Å²) in [7, 11) is 1.92. The normalized spacial score (nSPS) is 10.5. The molecule has 0 aliphatic heterocycles. The quantitative estimate of drug-likeness (QED) is 0.684. The van der Waals surface area contributed by atoms with Gasteiger partial charge < -0.3 is 4.79 Å². The largest absolute Gasteiger partial charge is 0.303 e. The number of aryl methyl sites for hydroxylation is 1. The Morgan fingerprint density at radius 2 is 1.52 bits per heavy atom. The molecule has 0 fully saturated rings. The van der Waals surface area contributed by atoms with Gasteiger partial charge in [-0.15, -0.1) is 0 Å². The summed E-state index contributed by atoms with van der Waals surface area (Å²) in [6.45, 7) is 0. The Kier molecular flexibility index (Phi) is 3.65. The van der Waals surface area contributed by atoms with Crippen molar-refractivity contribution in [3.63, 3.8) is 0 Å². The van der Waals surface area contributed by atoms with E-state index in [2.05, 4.69) is 5.10 Å². The summed E-state index contributed by atoms with van der Waals surface area (Å²) in [5.74, 6) is 0. The van der Waals surface area contributed by atoms with Crippen LogP contribution in [-0.4, -0.2) is 16.1 Å². The Morgan fingerprint density at radius 1 is 0.952 bits per heavy atom. The molecule has 0 N–H and O–H groups in total. The van der Waals surface area contributed by atoms with Crippen LogP contribution in [0.4, 0.5) is 0 Å². The summed E-state index contributed by atoms with van der Waals surface area (Å²) in [5, 5.41) is 4.63. The molecular weight excluding hydrogens is 260 g/mol. The van der Waals surface area contributed by atoms with Crippen molar-refractivity contribution in [2.45, 2.75) is 6.42 Å². The lowest BCUT2D eigenvalue weighted by Gasteiger charge is -2.05. The predicted molar refractivity (Wildman–Crippen MR) is 83.8 cm³/mol. The third kappa shape index (κ3) is 2.50. The minimum Gasteiger partial charge on any atom is -0.303 e. The highest BCUT2D eigenvalue weighted by Crippen LogP contribution is 2.31. The van der Waals surface area contributed by atoms with Crippen molar-refractivity contribution in [3.8, 4) is 22.5 Å². The summed E-state index contributed by atoms with van der Waals surface area (Å²) in [6, 6.07) is 20.0. The van der Waals surface area contributed by atoms with Gasteiger partial charge >= 0.3 is 0 Å². The Balaban J connectivity index is 2.22. The molecule has 3 nitrogen and oxygen atoms in total. The van der Waals surface area contributed by atoms with Crippen LogP contribution in [0.2, 0.25) is 0 Å². The fourth-order valence-electron chi connectivity index (χ4n) is 2.63. The average molecular weight is 276 g/mol. The zero-order chi connectivity index (χ0) is 14.7. The third-order valence-electron chi connectivity index (χ3n) is 3.53. The maximum absolute atomic E-state index is 11.1. The van der Waals surface area contributed by atoms with E-state index in [1.807, 2.05) is 72.4 Å². The highest BCUT2D eigenvalue weighted by molar-refractivity contribution is 5.78. The Hall–Kier alpha value is -2.68. The van der Waals surface area contributed by atoms with Gasteiger partial charge in [-0.3, -0.25) is 4.68 Å². The zero-order valence-electron chi connectivity index (χ0n) is 11.9. The average Bonchev–Trinajstić information content (AvgIpc) is 2.86. The van der Waals surface area contributed by atoms with E-state index < -0.39 is 0 Å². The number of carbonyl (C=O) groups excluding carboxylic acids is 1. The molecule has 21 heavy (non-hydrogen) atoms. The summed E-state index contributed by atoms with van der Waals surface area (Å²) in [6.07, 6.45) is 1.30. The smallest absolute Gasteiger partial charge is 0.124 e. The minimum atomic E-state index is 0.363. The lowest BCUT2D eigenvalue weighted by molar-refractivity contribution is -0.107. The molecule has 0 atom stereocenters. The molecule has 0 radical (unpaired) electrons. The molecule has 0 saturated heterocycles. The number of hydrogen-bond donors (Lipinski definition) is 0. The number of hydrogen-bond acceptors (Lipinski definition) is 2. The van der Waals surface area contributed by atoms with E-state index >= 15 is 0 Å². The molecule has 0 bridgehead atoms. The van der Waals surface area contributed by atoms with E-state index in [0.717, 1.165) is 34.4 Å². The number of carbonyl (C=O) groups is 1. The van der Waals surface area contributed by atoms with Gasteiger partial charge in [0.1, 0.15) is 6.29 Å². The summed E-state index contributed by atoms with van der Waals surface area (Å²) in [5.41, 5.74) is 4.97. The van der Waals surface area contributed by atoms with Crippen LogP contribution in [0.1, 0.15) is 5.56 Å². The molecule has 1 heterocycles. The second kappa shape index (κ2) is 5.75. The monoisotopic (exact) mass is 276 g/mol. The van der Waals surface area contributed by atoms with Crippen molar-refractivity contribution in [2.75, 3.05) is 0 Å². The van der Waals surface area contributed by atoms with Crippen LogP contribution in [0.3, 0.4) is 0 Å². The molecule has 0 unspecified atom stereocenters. The van der Waals surface area contributed by atoms with Crippen molar-refractivity contribution in [1.82, 2.24) is 9.78 Å². The zero-order valence-corrected chi connectivity index (χ0v) is 11.9. The summed E-state index contributed by atoms with van der Waals surface area (Å²) < 4.78 is 1.86. The SMILES string of the molecule is Cn1nc(-c2ccccc2)c(CC=O)c1-c1ccccc1. The molecule has 3 heteroatoms. The first kappa shape index (κ1) is 13.3. The number of aldehydes is 1. The van der Waals surface area contributed by atoms with Crippen molar-refractivity contribution >= 4 is 6.29 Å². The molecule has 3 aromatic rings. The van der Waals surface area contributed by atoms with Gasteiger partial charge in [0.2, 0.25) is 0 Å². The van der Waals surface area contributed by atoms with Crippen LogP contribution in [-0.2, 0) is 18.3 Å². The molecule has 0 spiro atoms. The van der Waals surface area contributed by atoms with Gasteiger partial charge in [0.15, 0.2) is 0 Å². The summed E-state index contributed by atoms with van der Waals surface area (Å²) in [4.78, 5) is 11.1. The molecule has 3 rings (SSSR count). The number of rotatable bonds is 4. The maximum atomic E-state index is 11.1. The minimum absolute atomic E-state index is 0.363. The van der Waals surface area contributed by atoms with Crippen LogP contribution in [0.15, 0.2) is 60.7 Å². The van der Waals surface area contributed by atoms with Crippen molar-refractivity contribution in [2.24, 2.45) is 7.05 Å². The highest BCUT2D eigenvalue weighted by atomic mass is 16.1. The summed E-state index contributed by atoms with van der Waals surface area (Å²) >= 11 is 0. The number of aromatic nitrogens is 2. The Labute approximate surface area is 123 Å². The van der Waals surface area contributed by atoms with Gasteiger partial charge in [-0.05, 0) is 0 Å². The van der Waals surface area contributed by atoms with Gasteiger partial charge in [-0.2, -0.15) is 5.10 Å². The topological polar surface area (TPSA) is 34.9 Å². The first-order chi connectivity index (χ1) is 10.3. The number of benzene rings is 2. The van der Waals surface area contributed by atoms with Gasteiger partial charge in [0.05, 0.1) is 11.4 Å². The van der Waals surface area contributed by atoms with Gasteiger partial charge in [-0.1, -0.05) is 60.7 Å². The molecule has 0 aliphatic carbocycles. The molecule has 0 aliphatic rings. The molecule has 0 saturated carbocycles. The second-order valence-electron chi connectivity index (χ2n) is 4.90. The highest BCUT2D eigenvalue weighted by Gasteiger charge is 2.18. The first-order valence-electron chi connectivity index (χ1n) is 6.91. The van der Waals surface area contributed by atoms with Crippen molar-refractivity contribution in [1.29, 1.82) is 0 Å². The standard InChI is InChI=1S/C18H16N2O/c1-20-18(15-10-6-3-7-11-15)16(12-13-21)17(19-20)14-8-4-2-5-9-14/h2-11,13H,12H2,1H3. The Morgan fingerprint density at radius 3 is 2.10 bits per heavy atom. The Bertz CT molecular complexity index is 746. The van der Waals surface area contributed by atoms with Gasteiger partial charge in [0, 0.05) is 30.2 Å². The van der Waals surface area contributed by atoms with Crippen LogP contribution in [0.25, 0.3) is 22.5 Å². The van der Waals surface area contributed by atoms with E-state index in [-0.39, 0.29) is 0 Å². The van der Waals surface area contributed by atoms with Crippen LogP contribution >= 0.6 is 0 Å².